The molecule has 2 fully saturated rings. The Morgan fingerprint density at radius 1 is 1.50 bits per heavy atom. The van der Waals surface area contributed by atoms with E-state index in [-0.39, 0.29) is 5.41 Å². The largest absolute Gasteiger partial charge is 0.396 e. The van der Waals surface area contributed by atoms with E-state index in [1.807, 2.05) is 0 Å². The highest BCUT2D eigenvalue weighted by atomic mass is 16.3. The molecular formula is C15H24N2O. The van der Waals surface area contributed by atoms with Crippen molar-refractivity contribution in [1.29, 1.82) is 0 Å². The van der Waals surface area contributed by atoms with Crippen molar-refractivity contribution in [3.63, 3.8) is 0 Å². The number of aliphatic hydroxyl groups is 1. The summed E-state index contributed by atoms with van der Waals surface area (Å²) in [7, 11) is 0. The van der Waals surface area contributed by atoms with Crippen molar-refractivity contribution in [2.45, 2.75) is 52.5 Å². The molecule has 0 saturated heterocycles. The lowest BCUT2D eigenvalue weighted by Crippen LogP contribution is -2.34. The summed E-state index contributed by atoms with van der Waals surface area (Å²) < 4.78 is 2.11. The molecule has 2 aliphatic rings. The van der Waals surface area contributed by atoms with Crippen LogP contribution in [-0.2, 0) is 13.0 Å². The molecule has 0 spiro atoms. The molecule has 0 aromatic carbocycles. The summed E-state index contributed by atoms with van der Waals surface area (Å²) >= 11 is 0. The van der Waals surface area contributed by atoms with Gasteiger partial charge in [0, 0.05) is 24.3 Å². The molecule has 1 aromatic rings. The molecule has 100 valence electrons. The van der Waals surface area contributed by atoms with E-state index in [2.05, 4.69) is 29.7 Å². The van der Waals surface area contributed by atoms with Crippen molar-refractivity contribution < 1.29 is 5.11 Å². The maximum absolute atomic E-state index is 9.94. The fourth-order valence-corrected chi connectivity index (χ4v) is 4.40. The summed E-state index contributed by atoms with van der Waals surface area (Å²) in [6, 6.07) is 2.20. The van der Waals surface area contributed by atoms with Crippen LogP contribution in [0.4, 0.5) is 0 Å². The maximum atomic E-state index is 9.94. The first-order chi connectivity index (χ1) is 8.66. The van der Waals surface area contributed by atoms with Gasteiger partial charge < -0.3 is 5.11 Å². The number of fused-ring (bicyclic) bond motifs is 2. The lowest BCUT2D eigenvalue weighted by molar-refractivity contribution is 0.0631. The lowest BCUT2D eigenvalue weighted by Gasteiger charge is -2.36. The van der Waals surface area contributed by atoms with Gasteiger partial charge in [0.1, 0.15) is 0 Å². The van der Waals surface area contributed by atoms with Gasteiger partial charge in [-0.3, -0.25) is 4.68 Å². The topological polar surface area (TPSA) is 38.0 Å². The average molecular weight is 248 g/mol. The molecule has 3 rings (SSSR count). The minimum absolute atomic E-state index is 0.155. The van der Waals surface area contributed by atoms with Crippen molar-refractivity contribution in [2.75, 3.05) is 6.61 Å². The zero-order valence-corrected chi connectivity index (χ0v) is 11.5. The quantitative estimate of drug-likeness (QED) is 0.889. The van der Waals surface area contributed by atoms with E-state index in [4.69, 9.17) is 0 Å². The maximum Gasteiger partial charge on any atom is 0.0596 e. The Labute approximate surface area is 109 Å². The number of hydrogen-bond donors (Lipinski definition) is 1. The third-order valence-electron chi connectivity index (χ3n) is 5.24. The highest BCUT2D eigenvalue weighted by Gasteiger charge is 2.50. The number of aryl methyl sites for hydroxylation is 2. The molecule has 3 unspecified atom stereocenters. The van der Waals surface area contributed by atoms with Crippen LogP contribution < -0.4 is 0 Å². The first kappa shape index (κ1) is 12.2. The first-order valence-electron chi connectivity index (χ1n) is 7.31. The predicted octanol–water partition coefficient (Wildman–Crippen LogP) is 2.55. The van der Waals surface area contributed by atoms with E-state index in [9.17, 15) is 5.11 Å². The summed E-state index contributed by atoms with van der Waals surface area (Å²) in [6.45, 7) is 5.48. The van der Waals surface area contributed by atoms with Crippen LogP contribution in [0.25, 0.3) is 0 Å². The number of hydrogen-bond acceptors (Lipinski definition) is 2. The second-order valence-electron chi connectivity index (χ2n) is 6.37. The SMILES string of the molecule is CCn1nc(C)cc1CC1(CO)CC2CCC1C2. The molecule has 2 saturated carbocycles. The van der Waals surface area contributed by atoms with E-state index >= 15 is 0 Å². The molecule has 0 aliphatic heterocycles. The van der Waals surface area contributed by atoms with Gasteiger partial charge in [-0.25, -0.2) is 0 Å². The summed E-state index contributed by atoms with van der Waals surface area (Å²) in [4.78, 5) is 0. The molecule has 1 heterocycles. The van der Waals surface area contributed by atoms with Crippen LogP contribution in [0, 0.1) is 24.2 Å². The Hall–Kier alpha value is -0.830. The highest BCUT2D eigenvalue weighted by Crippen LogP contribution is 2.57. The predicted molar refractivity (Wildman–Crippen MR) is 71.3 cm³/mol. The summed E-state index contributed by atoms with van der Waals surface area (Å²) in [5, 5.41) is 14.5. The number of rotatable bonds is 4. The van der Waals surface area contributed by atoms with Crippen LogP contribution in [0.3, 0.4) is 0 Å². The molecule has 18 heavy (non-hydrogen) atoms. The summed E-state index contributed by atoms with van der Waals surface area (Å²) in [5.74, 6) is 1.62. The Morgan fingerprint density at radius 3 is 2.89 bits per heavy atom. The molecular weight excluding hydrogens is 224 g/mol. The number of aliphatic hydroxyl groups excluding tert-OH is 1. The van der Waals surface area contributed by atoms with Crippen molar-refractivity contribution in [1.82, 2.24) is 9.78 Å². The van der Waals surface area contributed by atoms with Gasteiger partial charge in [0.2, 0.25) is 0 Å². The molecule has 0 radical (unpaired) electrons. The Bertz CT molecular complexity index is 440. The van der Waals surface area contributed by atoms with Crippen molar-refractivity contribution in [3.8, 4) is 0 Å². The highest BCUT2D eigenvalue weighted by molar-refractivity contribution is 5.14. The van der Waals surface area contributed by atoms with E-state index in [1.165, 1.54) is 31.4 Å². The Balaban J connectivity index is 1.86. The Kier molecular flexibility index (Phi) is 2.97. The molecule has 1 aromatic heterocycles. The van der Waals surface area contributed by atoms with Crippen LogP contribution in [-0.4, -0.2) is 21.5 Å². The van der Waals surface area contributed by atoms with Gasteiger partial charge in [-0.15, -0.1) is 0 Å². The monoisotopic (exact) mass is 248 g/mol. The summed E-state index contributed by atoms with van der Waals surface area (Å²) in [5.41, 5.74) is 2.57. The van der Waals surface area contributed by atoms with Crippen LogP contribution in [0.2, 0.25) is 0 Å². The Morgan fingerprint density at radius 2 is 2.33 bits per heavy atom. The van der Waals surface area contributed by atoms with Gasteiger partial charge >= 0.3 is 0 Å². The molecule has 3 atom stereocenters. The first-order valence-corrected chi connectivity index (χ1v) is 7.31. The smallest absolute Gasteiger partial charge is 0.0596 e. The van der Waals surface area contributed by atoms with Crippen molar-refractivity contribution in [2.24, 2.45) is 17.3 Å². The van der Waals surface area contributed by atoms with Gasteiger partial charge in [0.25, 0.3) is 0 Å². The van der Waals surface area contributed by atoms with Gasteiger partial charge in [-0.2, -0.15) is 5.10 Å². The van der Waals surface area contributed by atoms with Gasteiger partial charge in [0.05, 0.1) is 5.69 Å². The van der Waals surface area contributed by atoms with E-state index in [1.54, 1.807) is 0 Å². The van der Waals surface area contributed by atoms with E-state index in [0.29, 0.717) is 6.61 Å². The summed E-state index contributed by atoms with van der Waals surface area (Å²) in [6.07, 6.45) is 6.30. The van der Waals surface area contributed by atoms with Gasteiger partial charge in [-0.05, 0) is 57.4 Å². The fraction of sp³-hybridized carbons (Fsp3) is 0.800. The molecule has 3 heteroatoms. The van der Waals surface area contributed by atoms with Gasteiger partial charge in [0.15, 0.2) is 0 Å². The third kappa shape index (κ3) is 1.80. The minimum atomic E-state index is 0.155. The zero-order chi connectivity index (χ0) is 12.8. The van der Waals surface area contributed by atoms with Crippen molar-refractivity contribution in [3.05, 3.63) is 17.5 Å². The van der Waals surface area contributed by atoms with Crippen LogP contribution >= 0.6 is 0 Å². The van der Waals surface area contributed by atoms with Crippen LogP contribution in [0.1, 0.15) is 44.0 Å². The fourth-order valence-electron chi connectivity index (χ4n) is 4.40. The molecule has 3 nitrogen and oxygen atoms in total. The normalized spacial score (nSPS) is 34.4. The molecule has 2 aliphatic carbocycles. The second kappa shape index (κ2) is 4.37. The molecule has 2 bridgehead atoms. The van der Waals surface area contributed by atoms with E-state index < -0.39 is 0 Å². The minimum Gasteiger partial charge on any atom is -0.396 e. The average Bonchev–Trinajstić information content (AvgIpc) is 3.03. The number of nitrogens with zero attached hydrogens (tertiary/aromatic N) is 2. The van der Waals surface area contributed by atoms with Crippen molar-refractivity contribution >= 4 is 0 Å². The zero-order valence-electron chi connectivity index (χ0n) is 11.5. The van der Waals surface area contributed by atoms with Gasteiger partial charge in [-0.1, -0.05) is 6.42 Å². The number of aromatic nitrogens is 2. The lowest BCUT2D eigenvalue weighted by atomic mass is 9.70. The standard InChI is InChI=1S/C15H24N2O/c1-3-17-14(6-11(2)16-17)9-15(10-18)8-12-4-5-13(15)7-12/h6,12-13,18H,3-5,7-10H2,1-2H3. The third-order valence-corrected chi connectivity index (χ3v) is 5.24. The van der Waals surface area contributed by atoms with Crippen LogP contribution in [0.15, 0.2) is 6.07 Å². The van der Waals surface area contributed by atoms with Crippen LogP contribution in [0.5, 0.6) is 0 Å². The molecule has 0 amide bonds. The second-order valence-corrected chi connectivity index (χ2v) is 6.37. The van der Waals surface area contributed by atoms with E-state index in [0.717, 1.165) is 30.5 Å². The molecule has 1 N–H and O–H groups in total.